The number of carbonyl (C=O) groups is 2. The van der Waals surface area contributed by atoms with E-state index in [1.54, 1.807) is 6.92 Å². The fraction of sp³-hybridized carbons (Fsp3) is 0.600. The summed E-state index contributed by atoms with van der Waals surface area (Å²) in [5.41, 5.74) is 0. The van der Waals surface area contributed by atoms with Gasteiger partial charge in [0.15, 0.2) is 0 Å². The molecule has 0 aliphatic carbocycles. The molecular weight excluding hydrogens is 244 g/mol. The molecule has 0 aliphatic rings. The van der Waals surface area contributed by atoms with Crippen LogP contribution in [0.25, 0.3) is 0 Å². The molecule has 0 N–H and O–H groups in total. The number of hydrogen-bond donors (Lipinski definition) is 0. The summed E-state index contributed by atoms with van der Waals surface area (Å²) in [5.74, 6) is 3.96. The maximum absolute atomic E-state index is 11.5. The Morgan fingerprint density at radius 1 is 1.16 bits per heavy atom. The van der Waals surface area contributed by atoms with Gasteiger partial charge < -0.3 is 9.47 Å². The number of ether oxygens (including phenoxy) is 2. The molecule has 0 amide bonds. The van der Waals surface area contributed by atoms with E-state index >= 15 is 0 Å². The predicted molar refractivity (Wildman–Crippen MR) is 72.1 cm³/mol. The number of esters is 1. The third-order valence-electron chi connectivity index (χ3n) is 2.46. The van der Waals surface area contributed by atoms with Crippen LogP contribution in [0.4, 0.5) is 0 Å². The molecule has 0 heterocycles. The lowest BCUT2D eigenvalue weighted by atomic mass is 9.95. The van der Waals surface area contributed by atoms with Crippen molar-refractivity contribution in [2.75, 3.05) is 19.8 Å². The first-order chi connectivity index (χ1) is 9.15. The number of ketones is 1. The lowest BCUT2D eigenvalue weighted by molar-refractivity contribution is -0.147. The van der Waals surface area contributed by atoms with Crippen LogP contribution < -0.4 is 0 Å². The van der Waals surface area contributed by atoms with Crippen LogP contribution in [0.2, 0.25) is 0 Å². The zero-order chi connectivity index (χ0) is 14.5. The van der Waals surface area contributed by atoms with E-state index in [-0.39, 0.29) is 25.2 Å². The molecule has 0 aliphatic heterocycles. The van der Waals surface area contributed by atoms with Gasteiger partial charge in [-0.3, -0.25) is 9.59 Å². The fourth-order valence-electron chi connectivity index (χ4n) is 1.44. The molecule has 104 valence electrons. The van der Waals surface area contributed by atoms with E-state index in [4.69, 9.17) is 22.3 Å². The van der Waals surface area contributed by atoms with Gasteiger partial charge in [0.2, 0.25) is 0 Å². The molecule has 0 aromatic heterocycles. The average molecular weight is 264 g/mol. The minimum absolute atomic E-state index is 0.0137. The van der Waals surface area contributed by atoms with Gasteiger partial charge in [-0.15, -0.1) is 24.7 Å². The normalized spacial score (nSPS) is 11.1. The van der Waals surface area contributed by atoms with E-state index in [0.717, 1.165) is 0 Å². The Labute approximate surface area is 114 Å². The molecule has 0 saturated heterocycles. The quantitative estimate of drug-likeness (QED) is 0.341. The van der Waals surface area contributed by atoms with E-state index in [2.05, 4.69) is 11.8 Å². The third kappa shape index (κ3) is 8.88. The van der Waals surface area contributed by atoms with Crippen molar-refractivity contribution in [3.05, 3.63) is 0 Å². The highest BCUT2D eigenvalue weighted by atomic mass is 16.6. The summed E-state index contributed by atoms with van der Waals surface area (Å²) in [7, 11) is 0. The van der Waals surface area contributed by atoms with Gasteiger partial charge in [0.1, 0.15) is 12.4 Å². The molecule has 19 heavy (non-hydrogen) atoms. The SMILES string of the molecule is C#CCCOCCOC(=O)CC(CC#C)C(=O)CC. The largest absolute Gasteiger partial charge is 0.463 e. The Bertz CT molecular complexity index is 359. The van der Waals surface area contributed by atoms with E-state index < -0.39 is 11.9 Å². The molecule has 4 heteroatoms. The predicted octanol–water partition coefficient (Wildman–Crippen LogP) is 1.58. The first kappa shape index (κ1) is 17.2. The highest BCUT2D eigenvalue weighted by Gasteiger charge is 2.20. The summed E-state index contributed by atoms with van der Waals surface area (Å²) in [6.45, 7) is 2.65. The van der Waals surface area contributed by atoms with Crippen LogP contribution >= 0.6 is 0 Å². The maximum Gasteiger partial charge on any atom is 0.306 e. The molecule has 0 rings (SSSR count). The van der Waals surface area contributed by atoms with Crippen LogP contribution in [-0.2, 0) is 19.1 Å². The van der Waals surface area contributed by atoms with Crippen molar-refractivity contribution < 1.29 is 19.1 Å². The van der Waals surface area contributed by atoms with Gasteiger partial charge in [0, 0.05) is 25.2 Å². The van der Waals surface area contributed by atoms with E-state index in [0.29, 0.717) is 26.1 Å². The van der Waals surface area contributed by atoms with Gasteiger partial charge in [0.05, 0.1) is 19.6 Å². The van der Waals surface area contributed by atoms with E-state index in [1.807, 2.05) is 0 Å². The van der Waals surface area contributed by atoms with Crippen molar-refractivity contribution >= 4 is 11.8 Å². The summed E-state index contributed by atoms with van der Waals surface area (Å²) in [5, 5.41) is 0. The van der Waals surface area contributed by atoms with Crippen LogP contribution in [0.3, 0.4) is 0 Å². The van der Waals surface area contributed by atoms with Crippen molar-refractivity contribution in [3.8, 4) is 24.7 Å². The zero-order valence-electron chi connectivity index (χ0n) is 11.3. The van der Waals surface area contributed by atoms with E-state index in [1.165, 1.54) is 0 Å². The van der Waals surface area contributed by atoms with Crippen LogP contribution in [-0.4, -0.2) is 31.6 Å². The van der Waals surface area contributed by atoms with Gasteiger partial charge in [-0.1, -0.05) is 6.92 Å². The summed E-state index contributed by atoms with van der Waals surface area (Å²) in [6.07, 6.45) is 11.4. The lowest BCUT2D eigenvalue weighted by Gasteiger charge is -2.11. The fourth-order valence-corrected chi connectivity index (χ4v) is 1.44. The summed E-state index contributed by atoms with van der Waals surface area (Å²) in [6, 6.07) is 0. The van der Waals surface area contributed by atoms with Crippen molar-refractivity contribution in [2.45, 2.75) is 32.6 Å². The van der Waals surface area contributed by atoms with Gasteiger partial charge >= 0.3 is 5.97 Å². The number of rotatable bonds is 10. The number of Topliss-reactive ketones (excluding diaryl/α,β-unsaturated/α-hetero) is 1. The number of terminal acetylenes is 2. The Balaban J connectivity index is 3.85. The number of hydrogen-bond acceptors (Lipinski definition) is 4. The second-order valence-corrected chi connectivity index (χ2v) is 3.92. The highest BCUT2D eigenvalue weighted by Crippen LogP contribution is 2.12. The van der Waals surface area contributed by atoms with Crippen molar-refractivity contribution in [1.29, 1.82) is 0 Å². The van der Waals surface area contributed by atoms with Gasteiger partial charge in [-0.25, -0.2) is 0 Å². The second kappa shape index (κ2) is 11.3. The third-order valence-corrected chi connectivity index (χ3v) is 2.46. The molecule has 0 aromatic carbocycles. The molecule has 0 aromatic rings. The van der Waals surface area contributed by atoms with Gasteiger partial charge in [-0.05, 0) is 0 Å². The summed E-state index contributed by atoms with van der Waals surface area (Å²) in [4.78, 5) is 23.0. The minimum atomic E-state index is -0.440. The van der Waals surface area contributed by atoms with E-state index in [9.17, 15) is 9.59 Å². The maximum atomic E-state index is 11.5. The Kier molecular flexibility index (Phi) is 10.3. The van der Waals surface area contributed by atoms with Crippen molar-refractivity contribution in [1.82, 2.24) is 0 Å². The highest BCUT2D eigenvalue weighted by molar-refractivity contribution is 5.85. The molecule has 0 saturated carbocycles. The average Bonchev–Trinajstić information content (AvgIpc) is 2.41. The van der Waals surface area contributed by atoms with Crippen molar-refractivity contribution in [2.24, 2.45) is 5.92 Å². The van der Waals surface area contributed by atoms with Crippen molar-refractivity contribution in [3.63, 3.8) is 0 Å². The smallest absolute Gasteiger partial charge is 0.306 e. The molecule has 0 bridgehead atoms. The second-order valence-electron chi connectivity index (χ2n) is 3.92. The summed E-state index contributed by atoms with van der Waals surface area (Å²) >= 11 is 0. The van der Waals surface area contributed by atoms with Gasteiger partial charge in [0.25, 0.3) is 0 Å². The Hall–Kier alpha value is -1.78. The molecule has 0 fully saturated rings. The van der Waals surface area contributed by atoms with Crippen LogP contribution in [0.15, 0.2) is 0 Å². The Morgan fingerprint density at radius 2 is 1.89 bits per heavy atom. The first-order valence-electron chi connectivity index (χ1n) is 6.28. The minimum Gasteiger partial charge on any atom is -0.463 e. The summed E-state index contributed by atoms with van der Waals surface area (Å²) < 4.78 is 10.1. The molecule has 0 spiro atoms. The standard InChI is InChI=1S/C15H20O4/c1-4-7-9-18-10-11-19-15(17)12-13(8-5-2)14(16)6-3/h1-2,13H,6-12H2,3H3. The molecule has 1 atom stereocenters. The Morgan fingerprint density at radius 3 is 2.47 bits per heavy atom. The first-order valence-corrected chi connectivity index (χ1v) is 6.28. The monoisotopic (exact) mass is 264 g/mol. The van der Waals surface area contributed by atoms with Gasteiger partial charge in [-0.2, -0.15) is 0 Å². The van der Waals surface area contributed by atoms with Crippen LogP contribution in [0.1, 0.15) is 32.6 Å². The van der Waals surface area contributed by atoms with Crippen LogP contribution in [0, 0.1) is 30.6 Å². The molecule has 0 radical (unpaired) electrons. The lowest BCUT2D eigenvalue weighted by Crippen LogP contribution is -2.20. The molecule has 4 nitrogen and oxygen atoms in total. The van der Waals surface area contributed by atoms with Crippen LogP contribution in [0.5, 0.6) is 0 Å². The zero-order valence-corrected chi connectivity index (χ0v) is 11.3. The molecule has 1 unspecified atom stereocenters. The molecular formula is C15H20O4. The number of carbonyl (C=O) groups excluding carboxylic acids is 2. The topological polar surface area (TPSA) is 52.6 Å².